The van der Waals surface area contributed by atoms with Crippen LogP contribution in [0.5, 0.6) is 0 Å². The molecule has 2 atom stereocenters. The van der Waals surface area contributed by atoms with E-state index in [2.05, 4.69) is 0 Å². The summed E-state index contributed by atoms with van der Waals surface area (Å²) in [6.45, 7) is 7.03. The van der Waals surface area contributed by atoms with Gasteiger partial charge in [0.1, 0.15) is 6.10 Å². The number of piperazine rings is 1. The van der Waals surface area contributed by atoms with Crippen LogP contribution in [0.15, 0.2) is 0 Å². The van der Waals surface area contributed by atoms with E-state index in [0.717, 1.165) is 19.4 Å². The van der Waals surface area contributed by atoms with E-state index in [1.165, 1.54) is 0 Å². The van der Waals surface area contributed by atoms with Gasteiger partial charge in [-0.25, -0.2) is 0 Å². The second-order valence-corrected chi connectivity index (χ2v) is 5.44. The van der Waals surface area contributed by atoms with Crippen molar-refractivity contribution in [2.75, 3.05) is 39.4 Å². The molecule has 2 fully saturated rings. The molecule has 0 aliphatic carbocycles. The molecular weight excluding hydrogens is 260 g/mol. The molecule has 114 valence electrons. The predicted molar refractivity (Wildman–Crippen MR) is 73.2 cm³/mol. The van der Waals surface area contributed by atoms with Crippen molar-refractivity contribution in [3.8, 4) is 0 Å². The van der Waals surface area contributed by atoms with Crippen molar-refractivity contribution >= 4 is 11.8 Å². The van der Waals surface area contributed by atoms with Crippen LogP contribution >= 0.6 is 0 Å². The maximum atomic E-state index is 12.2. The molecule has 2 saturated heterocycles. The van der Waals surface area contributed by atoms with Crippen LogP contribution in [0.3, 0.4) is 0 Å². The lowest BCUT2D eigenvalue weighted by Crippen LogP contribution is -2.52. The number of nitrogens with zero attached hydrogens (tertiary/aromatic N) is 2. The lowest BCUT2D eigenvalue weighted by molar-refractivity contribution is -0.148. The summed E-state index contributed by atoms with van der Waals surface area (Å²) in [6, 6.07) is 0. The first-order valence-electron chi connectivity index (χ1n) is 7.35. The molecule has 0 radical (unpaired) electrons. The molecular formula is C14H24N2O4. The summed E-state index contributed by atoms with van der Waals surface area (Å²) in [7, 11) is 0. The number of hydrogen-bond donors (Lipinski definition) is 0. The fourth-order valence-corrected chi connectivity index (χ4v) is 2.60. The minimum absolute atomic E-state index is 0.00574. The van der Waals surface area contributed by atoms with Crippen LogP contribution in [-0.4, -0.2) is 73.2 Å². The normalized spacial score (nSPS) is 24.8. The standard InChI is InChI=1S/C14H24N2O4/c1-11(20-10-13-4-3-9-19-13)14(18)16-7-5-15(6-8-16)12(2)17/h11,13H,3-10H2,1-2H3. The minimum atomic E-state index is -0.442. The van der Waals surface area contributed by atoms with Gasteiger partial charge in [-0.2, -0.15) is 0 Å². The number of carbonyl (C=O) groups is 2. The summed E-state index contributed by atoms with van der Waals surface area (Å²) < 4.78 is 11.1. The number of hydrogen-bond acceptors (Lipinski definition) is 4. The highest BCUT2D eigenvalue weighted by Crippen LogP contribution is 2.13. The quantitative estimate of drug-likeness (QED) is 0.743. The second kappa shape index (κ2) is 7.04. The Morgan fingerprint density at radius 3 is 2.45 bits per heavy atom. The highest BCUT2D eigenvalue weighted by atomic mass is 16.5. The van der Waals surface area contributed by atoms with Crippen LogP contribution in [0.4, 0.5) is 0 Å². The molecule has 2 aliphatic heterocycles. The lowest BCUT2D eigenvalue weighted by Gasteiger charge is -2.35. The first kappa shape index (κ1) is 15.3. The average Bonchev–Trinajstić information content (AvgIpc) is 2.97. The minimum Gasteiger partial charge on any atom is -0.376 e. The maximum absolute atomic E-state index is 12.2. The molecule has 2 amide bonds. The topological polar surface area (TPSA) is 59.1 Å². The zero-order valence-electron chi connectivity index (χ0n) is 12.3. The van der Waals surface area contributed by atoms with Gasteiger partial charge in [0.25, 0.3) is 5.91 Å². The van der Waals surface area contributed by atoms with Gasteiger partial charge in [0, 0.05) is 39.7 Å². The molecule has 0 N–H and O–H groups in total. The molecule has 0 spiro atoms. The molecule has 0 aromatic carbocycles. The van der Waals surface area contributed by atoms with E-state index < -0.39 is 6.10 Å². The van der Waals surface area contributed by atoms with E-state index in [1.807, 2.05) is 0 Å². The number of rotatable bonds is 4. The third-order valence-corrected chi connectivity index (χ3v) is 3.94. The van der Waals surface area contributed by atoms with Crippen LogP contribution in [0.1, 0.15) is 26.7 Å². The van der Waals surface area contributed by atoms with Crippen molar-refractivity contribution in [2.24, 2.45) is 0 Å². The number of ether oxygens (including phenoxy) is 2. The smallest absolute Gasteiger partial charge is 0.251 e. The van der Waals surface area contributed by atoms with E-state index >= 15 is 0 Å². The van der Waals surface area contributed by atoms with Crippen LogP contribution < -0.4 is 0 Å². The molecule has 2 unspecified atom stereocenters. The largest absolute Gasteiger partial charge is 0.376 e. The van der Waals surface area contributed by atoms with E-state index in [9.17, 15) is 9.59 Å². The maximum Gasteiger partial charge on any atom is 0.251 e. The molecule has 0 bridgehead atoms. The molecule has 0 aromatic heterocycles. The SMILES string of the molecule is CC(=O)N1CCN(C(=O)C(C)OCC2CCCO2)CC1. The van der Waals surface area contributed by atoms with Crippen LogP contribution in [0, 0.1) is 0 Å². The summed E-state index contributed by atoms with van der Waals surface area (Å²) in [5.41, 5.74) is 0. The van der Waals surface area contributed by atoms with Crippen LogP contribution in [0.2, 0.25) is 0 Å². The van der Waals surface area contributed by atoms with Gasteiger partial charge in [0.2, 0.25) is 5.91 Å². The van der Waals surface area contributed by atoms with E-state index in [4.69, 9.17) is 9.47 Å². The molecule has 0 aromatic rings. The molecule has 2 heterocycles. The second-order valence-electron chi connectivity index (χ2n) is 5.44. The Hall–Kier alpha value is -1.14. The predicted octanol–water partition coefficient (Wildman–Crippen LogP) is 0.261. The van der Waals surface area contributed by atoms with Crippen molar-refractivity contribution < 1.29 is 19.1 Å². The molecule has 0 saturated carbocycles. The lowest BCUT2D eigenvalue weighted by atomic mass is 10.2. The Bertz CT molecular complexity index is 347. The van der Waals surface area contributed by atoms with Gasteiger partial charge in [-0.05, 0) is 19.8 Å². The number of carbonyl (C=O) groups excluding carboxylic acids is 2. The van der Waals surface area contributed by atoms with Gasteiger partial charge in [-0.15, -0.1) is 0 Å². The van der Waals surface area contributed by atoms with Gasteiger partial charge in [-0.3, -0.25) is 9.59 Å². The summed E-state index contributed by atoms with van der Waals surface area (Å²) in [6.07, 6.45) is 1.78. The van der Waals surface area contributed by atoms with Gasteiger partial charge >= 0.3 is 0 Å². The fraction of sp³-hybridized carbons (Fsp3) is 0.857. The van der Waals surface area contributed by atoms with Crippen molar-refractivity contribution in [3.05, 3.63) is 0 Å². The van der Waals surface area contributed by atoms with E-state index in [1.54, 1.807) is 23.6 Å². The Balaban J connectivity index is 1.71. The average molecular weight is 284 g/mol. The zero-order chi connectivity index (χ0) is 14.5. The van der Waals surface area contributed by atoms with Crippen LogP contribution in [0.25, 0.3) is 0 Å². The Morgan fingerprint density at radius 2 is 1.90 bits per heavy atom. The Morgan fingerprint density at radius 1 is 1.25 bits per heavy atom. The highest BCUT2D eigenvalue weighted by molar-refractivity contribution is 5.81. The molecule has 2 rings (SSSR count). The van der Waals surface area contributed by atoms with Crippen LogP contribution in [-0.2, 0) is 19.1 Å². The third-order valence-electron chi connectivity index (χ3n) is 3.94. The fourth-order valence-electron chi connectivity index (χ4n) is 2.60. The van der Waals surface area contributed by atoms with E-state index in [-0.39, 0.29) is 17.9 Å². The zero-order valence-corrected chi connectivity index (χ0v) is 12.3. The monoisotopic (exact) mass is 284 g/mol. The van der Waals surface area contributed by atoms with Crippen molar-refractivity contribution in [3.63, 3.8) is 0 Å². The Labute approximate surface area is 120 Å². The van der Waals surface area contributed by atoms with Gasteiger partial charge in [0.15, 0.2) is 0 Å². The van der Waals surface area contributed by atoms with E-state index in [0.29, 0.717) is 32.8 Å². The first-order valence-corrected chi connectivity index (χ1v) is 7.35. The summed E-state index contributed by atoms with van der Waals surface area (Å²) in [4.78, 5) is 27.0. The Kier molecular flexibility index (Phi) is 5.37. The molecule has 20 heavy (non-hydrogen) atoms. The number of amides is 2. The molecule has 6 heteroatoms. The molecule has 6 nitrogen and oxygen atoms in total. The summed E-state index contributed by atoms with van der Waals surface area (Å²) in [5.74, 6) is 0.0750. The van der Waals surface area contributed by atoms with Gasteiger partial charge in [-0.1, -0.05) is 0 Å². The van der Waals surface area contributed by atoms with Crippen molar-refractivity contribution in [2.45, 2.75) is 38.9 Å². The van der Waals surface area contributed by atoms with Crippen molar-refractivity contribution in [1.82, 2.24) is 9.80 Å². The molecule has 2 aliphatic rings. The summed E-state index contributed by atoms with van der Waals surface area (Å²) in [5, 5.41) is 0. The van der Waals surface area contributed by atoms with Gasteiger partial charge in [0.05, 0.1) is 12.7 Å². The third kappa shape index (κ3) is 3.93. The summed E-state index contributed by atoms with van der Waals surface area (Å²) >= 11 is 0. The first-order chi connectivity index (χ1) is 9.58. The van der Waals surface area contributed by atoms with Gasteiger partial charge < -0.3 is 19.3 Å². The highest BCUT2D eigenvalue weighted by Gasteiger charge is 2.27. The van der Waals surface area contributed by atoms with Crippen molar-refractivity contribution in [1.29, 1.82) is 0 Å².